The molecule has 0 radical (unpaired) electrons. The van der Waals surface area contributed by atoms with E-state index in [9.17, 15) is 4.79 Å². The lowest BCUT2D eigenvalue weighted by molar-refractivity contribution is 0.102. The van der Waals surface area contributed by atoms with Crippen LogP contribution in [0, 0.1) is 0 Å². The van der Waals surface area contributed by atoms with E-state index < -0.39 is 5.91 Å². The van der Waals surface area contributed by atoms with Gasteiger partial charge in [-0.3, -0.25) is 10.1 Å². The van der Waals surface area contributed by atoms with Crippen LogP contribution in [-0.2, 0) is 0 Å². The summed E-state index contributed by atoms with van der Waals surface area (Å²) in [5, 5.41) is 6.08. The molecule has 3 rings (SSSR count). The van der Waals surface area contributed by atoms with Crippen LogP contribution in [0.2, 0.25) is 15.2 Å². The highest BCUT2D eigenvalue weighted by molar-refractivity contribution is 9.10. The number of aromatic nitrogens is 2. The van der Waals surface area contributed by atoms with Gasteiger partial charge in [-0.1, -0.05) is 34.8 Å². The van der Waals surface area contributed by atoms with Crippen molar-refractivity contribution in [1.29, 1.82) is 0 Å². The zero-order chi connectivity index (χ0) is 17.3. The van der Waals surface area contributed by atoms with Gasteiger partial charge in [-0.15, -0.1) is 11.3 Å². The number of thiazole rings is 1. The molecular formula is C15H7BrCl3N3OS. The third kappa shape index (κ3) is 3.90. The van der Waals surface area contributed by atoms with Crippen LogP contribution in [0.5, 0.6) is 0 Å². The summed E-state index contributed by atoms with van der Waals surface area (Å²) in [6.45, 7) is 0. The second kappa shape index (κ2) is 7.37. The maximum Gasteiger partial charge on any atom is 0.260 e. The number of nitrogens with one attached hydrogen (secondary N) is 1. The summed E-state index contributed by atoms with van der Waals surface area (Å²) in [5.41, 5.74) is 1.64. The maximum absolute atomic E-state index is 12.3. The number of halogens is 4. The molecule has 1 N–H and O–H groups in total. The monoisotopic (exact) mass is 461 g/mol. The molecule has 9 heteroatoms. The highest BCUT2D eigenvalue weighted by Gasteiger charge is 2.15. The molecule has 1 aromatic carbocycles. The van der Waals surface area contributed by atoms with Crippen LogP contribution < -0.4 is 5.32 Å². The Bertz CT molecular complexity index is 932. The highest BCUT2D eigenvalue weighted by Crippen LogP contribution is 2.32. The van der Waals surface area contributed by atoms with Crippen molar-refractivity contribution in [3.8, 4) is 11.3 Å². The molecule has 0 atom stereocenters. The first-order valence-corrected chi connectivity index (χ1v) is 9.28. The van der Waals surface area contributed by atoms with Gasteiger partial charge in [-0.2, -0.15) is 0 Å². The third-order valence-corrected chi connectivity index (χ3v) is 5.02. The molecule has 1 amide bonds. The van der Waals surface area contributed by atoms with Gasteiger partial charge in [-0.25, -0.2) is 9.97 Å². The summed E-state index contributed by atoms with van der Waals surface area (Å²) >= 11 is 22.6. The lowest BCUT2D eigenvalue weighted by Gasteiger charge is -2.04. The van der Waals surface area contributed by atoms with Crippen LogP contribution in [0.3, 0.4) is 0 Å². The fourth-order valence-corrected chi connectivity index (χ4v) is 3.63. The van der Waals surface area contributed by atoms with Gasteiger partial charge in [-0.05, 0) is 40.2 Å². The van der Waals surface area contributed by atoms with E-state index in [1.54, 1.807) is 29.6 Å². The van der Waals surface area contributed by atoms with E-state index in [0.717, 1.165) is 5.56 Å². The zero-order valence-corrected chi connectivity index (χ0v) is 16.4. The van der Waals surface area contributed by atoms with Gasteiger partial charge in [0.25, 0.3) is 5.91 Å². The number of hydrogen-bond acceptors (Lipinski definition) is 4. The first-order valence-electron chi connectivity index (χ1n) is 6.47. The van der Waals surface area contributed by atoms with Crippen molar-refractivity contribution < 1.29 is 4.79 Å². The lowest BCUT2D eigenvalue weighted by atomic mass is 10.2. The van der Waals surface area contributed by atoms with Crippen LogP contribution in [0.4, 0.5) is 5.13 Å². The Kier molecular flexibility index (Phi) is 5.42. The zero-order valence-electron chi connectivity index (χ0n) is 11.7. The van der Waals surface area contributed by atoms with Crippen molar-refractivity contribution >= 4 is 73.1 Å². The Labute approximate surface area is 164 Å². The standard InChI is InChI=1S/C15H7BrCl3N3OS/c16-7-3-10(13(19)20-5-7)14(23)22-15-21-12(6-24-15)9-2-1-8(17)4-11(9)18/h1-6H,(H,21,22,23). The van der Waals surface area contributed by atoms with E-state index in [2.05, 4.69) is 31.2 Å². The molecule has 2 aromatic heterocycles. The van der Waals surface area contributed by atoms with Crippen molar-refractivity contribution in [2.45, 2.75) is 0 Å². The Morgan fingerprint density at radius 3 is 2.75 bits per heavy atom. The molecule has 2 heterocycles. The minimum atomic E-state index is -0.392. The average molecular weight is 464 g/mol. The number of anilines is 1. The van der Waals surface area contributed by atoms with Crippen molar-refractivity contribution in [3.05, 3.63) is 61.1 Å². The number of amides is 1. The van der Waals surface area contributed by atoms with Crippen LogP contribution in [0.1, 0.15) is 10.4 Å². The van der Waals surface area contributed by atoms with Crippen LogP contribution in [-0.4, -0.2) is 15.9 Å². The summed E-state index contributed by atoms with van der Waals surface area (Å²) < 4.78 is 0.657. The molecule has 3 aromatic rings. The van der Waals surface area contributed by atoms with Crippen molar-refractivity contribution in [2.75, 3.05) is 5.32 Å². The Hall–Kier alpha value is -1.18. The summed E-state index contributed by atoms with van der Waals surface area (Å²) in [6, 6.07) is 6.74. The van der Waals surface area contributed by atoms with Crippen molar-refractivity contribution in [3.63, 3.8) is 0 Å². The van der Waals surface area contributed by atoms with Gasteiger partial charge in [0.15, 0.2) is 5.13 Å². The van der Waals surface area contributed by atoms with Crippen molar-refractivity contribution in [2.24, 2.45) is 0 Å². The second-order valence-corrected chi connectivity index (χ2v) is 7.58. The topological polar surface area (TPSA) is 54.9 Å². The summed E-state index contributed by atoms with van der Waals surface area (Å²) in [4.78, 5) is 20.6. The van der Waals surface area contributed by atoms with Crippen LogP contribution in [0.15, 0.2) is 40.3 Å². The van der Waals surface area contributed by atoms with Crippen molar-refractivity contribution in [1.82, 2.24) is 9.97 Å². The first-order chi connectivity index (χ1) is 11.4. The third-order valence-electron chi connectivity index (χ3n) is 2.98. The number of rotatable bonds is 3. The lowest BCUT2D eigenvalue weighted by Crippen LogP contribution is -2.12. The van der Waals surface area contributed by atoms with Gasteiger partial charge in [0.05, 0.1) is 16.3 Å². The smallest absolute Gasteiger partial charge is 0.260 e. The van der Waals surface area contributed by atoms with Gasteiger partial charge in [0, 0.05) is 26.6 Å². The molecule has 0 aliphatic heterocycles. The molecule has 0 fully saturated rings. The summed E-state index contributed by atoms with van der Waals surface area (Å²) in [6.07, 6.45) is 1.52. The van der Waals surface area contributed by atoms with Crippen LogP contribution >= 0.6 is 62.1 Å². The normalized spacial score (nSPS) is 10.7. The molecule has 24 heavy (non-hydrogen) atoms. The number of nitrogens with zero attached hydrogens (tertiary/aromatic N) is 2. The second-order valence-electron chi connectivity index (χ2n) is 4.61. The highest BCUT2D eigenvalue weighted by atomic mass is 79.9. The average Bonchev–Trinajstić information content (AvgIpc) is 2.97. The van der Waals surface area contributed by atoms with E-state index in [4.69, 9.17) is 34.8 Å². The van der Waals surface area contributed by atoms with Gasteiger partial charge in [0.1, 0.15) is 5.15 Å². The van der Waals surface area contributed by atoms with Crippen LogP contribution in [0.25, 0.3) is 11.3 Å². The summed E-state index contributed by atoms with van der Waals surface area (Å²) in [7, 11) is 0. The Balaban J connectivity index is 1.83. The molecule has 0 aliphatic carbocycles. The number of pyridine rings is 1. The number of benzene rings is 1. The Morgan fingerprint density at radius 2 is 2.00 bits per heavy atom. The molecule has 0 saturated heterocycles. The van der Waals surface area contributed by atoms with Gasteiger partial charge >= 0.3 is 0 Å². The minimum Gasteiger partial charge on any atom is -0.298 e. The van der Waals surface area contributed by atoms with E-state index >= 15 is 0 Å². The first kappa shape index (κ1) is 17.6. The van der Waals surface area contributed by atoms with Gasteiger partial charge in [0.2, 0.25) is 0 Å². The summed E-state index contributed by atoms with van der Waals surface area (Å²) in [5.74, 6) is -0.392. The molecule has 0 aliphatic rings. The molecular weight excluding hydrogens is 457 g/mol. The maximum atomic E-state index is 12.3. The van der Waals surface area contributed by atoms with E-state index in [1.165, 1.54) is 17.5 Å². The SMILES string of the molecule is O=C(Nc1nc(-c2ccc(Cl)cc2Cl)cs1)c1cc(Br)cnc1Cl. The molecule has 0 unspecified atom stereocenters. The molecule has 0 saturated carbocycles. The fraction of sp³-hybridized carbons (Fsp3) is 0. The number of hydrogen-bond donors (Lipinski definition) is 1. The molecule has 0 bridgehead atoms. The largest absolute Gasteiger partial charge is 0.298 e. The molecule has 122 valence electrons. The minimum absolute atomic E-state index is 0.119. The predicted octanol–water partition coefficient (Wildman–Crippen LogP) is 6.18. The van der Waals surface area contributed by atoms with Gasteiger partial charge < -0.3 is 0 Å². The quantitative estimate of drug-likeness (QED) is 0.472. The van der Waals surface area contributed by atoms with E-state index in [1.807, 2.05) is 0 Å². The van der Waals surface area contributed by atoms with E-state index in [-0.39, 0.29) is 10.7 Å². The molecule has 0 spiro atoms. The fourth-order valence-electron chi connectivity index (χ4n) is 1.90. The number of carbonyl (C=O) groups is 1. The Morgan fingerprint density at radius 1 is 1.21 bits per heavy atom. The predicted molar refractivity (Wildman–Crippen MR) is 102 cm³/mol. The number of carbonyl (C=O) groups excluding carboxylic acids is 1. The van der Waals surface area contributed by atoms with E-state index in [0.29, 0.717) is 25.3 Å². The molecule has 4 nitrogen and oxygen atoms in total.